The second-order valence-corrected chi connectivity index (χ2v) is 9.24. The molecule has 0 N–H and O–H groups in total. The van der Waals surface area contributed by atoms with Crippen molar-refractivity contribution in [1.29, 1.82) is 0 Å². The molecule has 0 atom stereocenters. The van der Waals surface area contributed by atoms with Gasteiger partial charge in [-0.2, -0.15) is 0 Å². The zero-order valence-corrected chi connectivity index (χ0v) is 22.6. The van der Waals surface area contributed by atoms with Crippen molar-refractivity contribution in [3.05, 3.63) is 107 Å². The fraction of sp³-hybridized carbons (Fsp3) is 0.333. The predicted octanol–water partition coefficient (Wildman–Crippen LogP) is 8.55. The van der Waals surface area contributed by atoms with Crippen molar-refractivity contribution in [3.63, 3.8) is 0 Å². The number of esters is 1. The molecule has 3 rings (SSSR count). The summed E-state index contributed by atoms with van der Waals surface area (Å²) in [5, 5.41) is 13.2. The van der Waals surface area contributed by atoms with Gasteiger partial charge >= 0.3 is 5.97 Å². The molecule has 0 unspecified atom stereocenters. The molecule has 0 spiro atoms. The Labute approximate surface area is 227 Å². The van der Waals surface area contributed by atoms with Gasteiger partial charge in [-0.3, -0.25) is 5.84 Å². The van der Waals surface area contributed by atoms with Gasteiger partial charge in [-0.05, 0) is 77.9 Å². The fourth-order valence-corrected chi connectivity index (χ4v) is 4.22. The maximum Gasteiger partial charge on any atom is 0.343 e. The third kappa shape index (κ3) is 8.91. The highest BCUT2D eigenvalue weighted by Gasteiger charge is 2.12. The van der Waals surface area contributed by atoms with E-state index in [1.807, 2.05) is 18.2 Å². The molecule has 200 valence electrons. The van der Waals surface area contributed by atoms with E-state index in [0.29, 0.717) is 24.5 Å². The lowest BCUT2D eigenvalue weighted by Gasteiger charge is -2.27. The second kappa shape index (κ2) is 15.4. The Morgan fingerprint density at radius 1 is 0.921 bits per heavy atom. The largest absolute Gasteiger partial charge is 0.825 e. The van der Waals surface area contributed by atoms with E-state index < -0.39 is 0 Å². The van der Waals surface area contributed by atoms with Gasteiger partial charge in [0.15, 0.2) is 0 Å². The first-order chi connectivity index (χ1) is 18.5. The smallest absolute Gasteiger partial charge is 0.343 e. The second-order valence-electron chi connectivity index (χ2n) is 9.24. The normalized spacial score (nSPS) is 10.6. The molecule has 3 aromatic rings. The molecule has 0 radical (unpaired) electrons. The lowest BCUT2D eigenvalue weighted by molar-refractivity contribution is 0.0734. The fourth-order valence-electron chi connectivity index (χ4n) is 4.22. The zero-order valence-electron chi connectivity index (χ0n) is 22.6. The number of ether oxygens (including phenoxy) is 2. The van der Waals surface area contributed by atoms with Crippen LogP contribution in [-0.2, 0) is 12.8 Å². The first-order valence-electron chi connectivity index (χ1n) is 13.6. The Morgan fingerprint density at radius 3 is 2.32 bits per heavy atom. The Bertz CT molecular complexity index is 1180. The van der Waals surface area contributed by atoms with Gasteiger partial charge < -0.3 is 20.2 Å². The van der Waals surface area contributed by atoms with E-state index >= 15 is 0 Å². The van der Waals surface area contributed by atoms with E-state index in [4.69, 9.17) is 9.47 Å². The summed E-state index contributed by atoms with van der Waals surface area (Å²) in [5.74, 6) is 0.877. The highest BCUT2D eigenvalue weighted by atomic mass is 16.5. The van der Waals surface area contributed by atoms with Gasteiger partial charge in [0.1, 0.15) is 11.5 Å². The molecule has 3 aromatic carbocycles. The molecule has 0 saturated carbocycles. The predicted molar refractivity (Wildman–Crippen MR) is 157 cm³/mol. The van der Waals surface area contributed by atoms with Gasteiger partial charge in [0.25, 0.3) is 0 Å². The summed E-state index contributed by atoms with van der Waals surface area (Å²) in [5.41, 5.74) is 5.31. The molecule has 0 aliphatic heterocycles. The molecule has 0 aliphatic rings. The minimum absolute atomic E-state index is 0.00640. The van der Waals surface area contributed by atoms with Crippen LogP contribution in [0.15, 0.2) is 79.4 Å². The summed E-state index contributed by atoms with van der Waals surface area (Å²) in [6.07, 6.45) is 8.30. The molecular formula is C33H38N2O3-2. The molecule has 38 heavy (non-hydrogen) atoms. The maximum absolute atomic E-state index is 12.7. The summed E-state index contributed by atoms with van der Waals surface area (Å²) in [6, 6.07) is 21.6. The zero-order chi connectivity index (χ0) is 27.2. The van der Waals surface area contributed by atoms with E-state index in [9.17, 15) is 10.2 Å². The number of hydrogen-bond donors (Lipinski definition) is 0. The maximum atomic E-state index is 12.7. The molecule has 0 fully saturated rings. The average molecular weight is 511 g/mol. The number of aryl methyl sites for hydroxylation is 2. The van der Waals surface area contributed by atoms with Crippen LogP contribution >= 0.6 is 0 Å². The number of hydrogen-bond acceptors (Lipinski definition) is 3. The molecule has 0 heterocycles. The molecule has 5 nitrogen and oxygen atoms in total. The van der Waals surface area contributed by atoms with Gasteiger partial charge in [0.2, 0.25) is 0 Å². The van der Waals surface area contributed by atoms with Crippen LogP contribution < -0.4 is 9.47 Å². The minimum Gasteiger partial charge on any atom is -0.825 e. The lowest BCUT2D eigenvalue weighted by atomic mass is 9.96. The number of nitrogens with zero attached hydrogens (tertiary/aromatic N) is 2. The summed E-state index contributed by atoms with van der Waals surface area (Å²) >= 11 is 0. The summed E-state index contributed by atoms with van der Waals surface area (Å²) in [7, 11) is 0. The van der Waals surface area contributed by atoms with Crippen LogP contribution in [0.4, 0.5) is 0 Å². The quantitative estimate of drug-likeness (QED) is 0.0676. The molecule has 0 aliphatic carbocycles. The molecule has 0 bridgehead atoms. The summed E-state index contributed by atoms with van der Waals surface area (Å²) in [4.78, 5) is 12.7. The van der Waals surface area contributed by atoms with Crippen molar-refractivity contribution < 1.29 is 14.3 Å². The highest BCUT2D eigenvalue weighted by molar-refractivity contribution is 6.05. The van der Waals surface area contributed by atoms with Gasteiger partial charge in [-0.15, -0.1) is 19.2 Å². The van der Waals surface area contributed by atoms with E-state index in [-0.39, 0.29) is 11.8 Å². The number of carbonyl (C=O) groups is 1. The van der Waals surface area contributed by atoms with E-state index in [1.165, 1.54) is 17.2 Å². The molecule has 0 saturated heterocycles. The van der Waals surface area contributed by atoms with Crippen LogP contribution in [0.2, 0.25) is 0 Å². The van der Waals surface area contributed by atoms with Crippen LogP contribution in [-0.4, -0.2) is 25.0 Å². The van der Waals surface area contributed by atoms with Gasteiger partial charge in [-0.25, -0.2) is 4.79 Å². The number of benzene rings is 3. The van der Waals surface area contributed by atoms with Crippen LogP contribution in [0.1, 0.15) is 67.4 Å². The third-order valence-electron chi connectivity index (χ3n) is 6.34. The first-order valence-corrected chi connectivity index (χ1v) is 13.6. The standard InChI is InChI=1S/C33H38N2O3/c1-4-11-25-12-14-27(15-13-25)31-21-20-30(24-26(31)5-2)38-33(36)28-16-18-29(19-17-28)37-23-10-8-7-9-22-35-32(34)6-3/h6,12-21,24H,3-5,7-11,22-23H2,1-2H3/q-2. The first kappa shape index (κ1) is 28.7. The van der Waals surface area contributed by atoms with Crippen molar-refractivity contribution in [2.24, 2.45) is 0 Å². The van der Waals surface area contributed by atoms with Crippen molar-refractivity contribution in [2.45, 2.75) is 58.8 Å². The molecule has 0 aromatic heterocycles. The topological polar surface area (TPSA) is 71.9 Å². The van der Waals surface area contributed by atoms with Crippen molar-refractivity contribution in [1.82, 2.24) is 0 Å². The van der Waals surface area contributed by atoms with E-state index in [2.05, 4.69) is 50.0 Å². The van der Waals surface area contributed by atoms with Crippen molar-refractivity contribution >= 4 is 11.8 Å². The number of carbonyl (C=O) groups excluding carboxylic acids is 1. The van der Waals surface area contributed by atoms with E-state index in [1.54, 1.807) is 24.3 Å². The Morgan fingerprint density at radius 2 is 1.63 bits per heavy atom. The Balaban J connectivity index is 1.47. The average Bonchev–Trinajstić information content (AvgIpc) is 2.95. The highest BCUT2D eigenvalue weighted by Crippen LogP contribution is 2.29. The number of rotatable bonds is 15. The van der Waals surface area contributed by atoms with Crippen molar-refractivity contribution in [3.8, 4) is 22.6 Å². The van der Waals surface area contributed by atoms with Gasteiger partial charge in [0.05, 0.1) is 12.2 Å². The minimum atomic E-state index is -0.388. The summed E-state index contributed by atoms with van der Waals surface area (Å²) in [6.45, 7) is 8.98. The number of amidine groups is 1. The van der Waals surface area contributed by atoms with Crippen LogP contribution in [0.3, 0.4) is 0 Å². The monoisotopic (exact) mass is 510 g/mol. The van der Waals surface area contributed by atoms with Gasteiger partial charge in [-0.1, -0.05) is 69.9 Å². The van der Waals surface area contributed by atoms with Crippen LogP contribution in [0.5, 0.6) is 11.5 Å². The van der Waals surface area contributed by atoms with Crippen molar-refractivity contribution in [2.75, 3.05) is 13.2 Å². The third-order valence-corrected chi connectivity index (χ3v) is 6.34. The van der Waals surface area contributed by atoms with E-state index in [0.717, 1.165) is 61.8 Å². The number of unbranched alkanes of at least 4 members (excludes halogenated alkanes) is 3. The Hall–Kier alpha value is -3.86. The SMILES string of the molecule is C=CC(=[N-])[N-]CCCCCCOc1ccc(C(=O)Oc2ccc(-c3ccc(CCC)cc3)c(CC)c2)cc1. The molecular weight excluding hydrogens is 472 g/mol. The lowest BCUT2D eigenvalue weighted by Crippen LogP contribution is -2.09. The molecule has 0 amide bonds. The van der Waals surface area contributed by atoms with Crippen LogP contribution in [0, 0.1) is 0 Å². The summed E-state index contributed by atoms with van der Waals surface area (Å²) < 4.78 is 11.5. The van der Waals surface area contributed by atoms with Crippen LogP contribution in [0.25, 0.3) is 21.9 Å². The Kier molecular flexibility index (Phi) is 11.6. The van der Waals surface area contributed by atoms with Gasteiger partial charge in [0, 0.05) is 0 Å². The molecule has 5 heteroatoms.